The van der Waals surface area contributed by atoms with Crippen molar-refractivity contribution in [1.29, 1.82) is 0 Å². The van der Waals surface area contributed by atoms with Crippen LogP contribution in [0.5, 0.6) is 0 Å². The average molecular weight is 324 g/mol. The molecule has 0 aromatic rings. The molecule has 2 atom stereocenters. The number of ether oxygens (including phenoxy) is 1. The van der Waals surface area contributed by atoms with Crippen molar-refractivity contribution in [2.75, 3.05) is 7.11 Å². The number of amides is 3. The number of methoxy groups -OCH3 is 1. The largest absolute Gasteiger partial charge is 0.499 e. The van der Waals surface area contributed by atoms with E-state index in [-0.39, 0.29) is 17.7 Å². The van der Waals surface area contributed by atoms with Gasteiger partial charge in [-0.1, -0.05) is 34.1 Å². The van der Waals surface area contributed by atoms with Crippen LogP contribution in [0.25, 0.3) is 0 Å². The number of nitrogens with zero attached hydrogens (tertiary/aromatic N) is 1. The summed E-state index contributed by atoms with van der Waals surface area (Å²) in [6, 6.07) is -1.06. The molecule has 1 aliphatic heterocycles. The average Bonchev–Trinajstić information content (AvgIpc) is 2.80. The first-order chi connectivity index (χ1) is 10.8. The second-order valence-corrected chi connectivity index (χ2v) is 6.20. The fourth-order valence-corrected chi connectivity index (χ4v) is 2.70. The highest BCUT2D eigenvalue weighted by atomic mass is 16.5. The molecule has 6 heteroatoms. The maximum Gasteiger partial charge on any atom is 0.257 e. The summed E-state index contributed by atoms with van der Waals surface area (Å²) in [5.74, 6) is -0.107. The van der Waals surface area contributed by atoms with Gasteiger partial charge in [-0.15, -0.1) is 0 Å². The third kappa shape index (κ3) is 4.81. The van der Waals surface area contributed by atoms with Gasteiger partial charge in [0, 0.05) is 12.5 Å². The highest BCUT2D eigenvalue weighted by Gasteiger charge is 2.41. The van der Waals surface area contributed by atoms with E-state index in [1.54, 1.807) is 6.92 Å². The predicted molar refractivity (Wildman–Crippen MR) is 87.3 cm³/mol. The lowest BCUT2D eigenvalue weighted by Crippen LogP contribution is -2.52. The number of hydrogen-bond donors (Lipinski definition) is 1. The number of rotatable bonds is 8. The Kier molecular flexibility index (Phi) is 7.26. The highest BCUT2D eigenvalue weighted by molar-refractivity contribution is 6.06. The van der Waals surface area contributed by atoms with E-state index in [0.29, 0.717) is 30.9 Å². The second kappa shape index (κ2) is 8.70. The van der Waals surface area contributed by atoms with E-state index in [2.05, 4.69) is 5.32 Å². The Bertz CT molecular complexity index is 485. The minimum Gasteiger partial charge on any atom is -0.499 e. The molecule has 0 saturated carbocycles. The van der Waals surface area contributed by atoms with Crippen LogP contribution < -0.4 is 5.32 Å². The van der Waals surface area contributed by atoms with E-state index in [1.807, 2.05) is 20.8 Å². The number of carbonyl (C=O) groups excluding carboxylic acids is 3. The first-order valence-electron chi connectivity index (χ1n) is 8.27. The molecule has 0 fully saturated rings. The van der Waals surface area contributed by atoms with Crippen LogP contribution in [0.2, 0.25) is 0 Å². The van der Waals surface area contributed by atoms with Crippen molar-refractivity contribution >= 4 is 17.7 Å². The van der Waals surface area contributed by atoms with Crippen molar-refractivity contribution in [1.82, 2.24) is 10.2 Å². The van der Waals surface area contributed by atoms with Crippen molar-refractivity contribution in [3.8, 4) is 0 Å². The SMILES string of the molecule is CCC[C@@H](NC(=O)CC)C(=O)N1C(=O)C=C(OC)[C@@H]1CC(C)C. The van der Waals surface area contributed by atoms with E-state index in [4.69, 9.17) is 4.74 Å². The first kappa shape index (κ1) is 19.2. The minimum absolute atomic E-state index is 0.191. The Morgan fingerprint density at radius 2 is 2.00 bits per heavy atom. The van der Waals surface area contributed by atoms with Gasteiger partial charge in [-0.05, 0) is 18.8 Å². The van der Waals surface area contributed by atoms with Crippen LogP contribution in [0.15, 0.2) is 11.8 Å². The molecule has 0 aromatic heterocycles. The minimum atomic E-state index is -0.671. The van der Waals surface area contributed by atoms with E-state index in [0.717, 1.165) is 6.42 Å². The van der Waals surface area contributed by atoms with Crippen molar-refractivity contribution in [2.45, 2.75) is 65.5 Å². The Morgan fingerprint density at radius 1 is 1.35 bits per heavy atom. The summed E-state index contributed by atoms with van der Waals surface area (Å²) in [4.78, 5) is 38.0. The standard InChI is InChI=1S/C17H28N2O4/c1-6-8-12(18-15(20)7-2)17(22)19-13(9-11(3)4)14(23-5)10-16(19)21/h10-13H,6-9H2,1-5H3,(H,18,20)/t12-,13+/m1/s1. The number of nitrogens with one attached hydrogen (secondary N) is 1. The molecule has 1 N–H and O–H groups in total. The van der Waals surface area contributed by atoms with Gasteiger partial charge in [0.15, 0.2) is 0 Å². The zero-order chi connectivity index (χ0) is 17.6. The lowest BCUT2D eigenvalue weighted by atomic mass is 10.0. The summed E-state index contributed by atoms with van der Waals surface area (Å²) >= 11 is 0. The van der Waals surface area contributed by atoms with Gasteiger partial charge in [-0.25, -0.2) is 0 Å². The molecule has 0 aromatic carbocycles. The maximum atomic E-state index is 12.9. The van der Waals surface area contributed by atoms with Gasteiger partial charge in [-0.2, -0.15) is 0 Å². The van der Waals surface area contributed by atoms with Gasteiger partial charge in [-0.3, -0.25) is 19.3 Å². The van der Waals surface area contributed by atoms with E-state index < -0.39 is 12.1 Å². The van der Waals surface area contributed by atoms with E-state index >= 15 is 0 Å². The van der Waals surface area contributed by atoms with Crippen LogP contribution in [-0.2, 0) is 19.1 Å². The van der Waals surface area contributed by atoms with Gasteiger partial charge in [0.2, 0.25) is 5.91 Å². The lowest BCUT2D eigenvalue weighted by molar-refractivity contribution is -0.146. The first-order valence-corrected chi connectivity index (χ1v) is 8.27. The Balaban J connectivity index is 3.00. The summed E-state index contributed by atoms with van der Waals surface area (Å²) in [6.45, 7) is 7.73. The lowest BCUT2D eigenvalue weighted by Gasteiger charge is -2.29. The Morgan fingerprint density at radius 3 is 2.48 bits per heavy atom. The molecule has 23 heavy (non-hydrogen) atoms. The molecule has 0 radical (unpaired) electrons. The molecular formula is C17H28N2O4. The van der Waals surface area contributed by atoms with Crippen molar-refractivity contribution in [2.24, 2.45) is 5.92 Å². The van der Waals surface area contributed by atoms with Crippen LogP contribution in [0.1, 0.15) is 53.4 Å². The fourth-order valence-electron chi connectivity index (χ4n) is 2.70. The Hall–Kier alpha value is -1.85. The smallest absolute Gasteiger partial charge is 0.257 e. The monoisotopic (exact) mass is 324 g/mol. The van der Waals surface area contributed by atoms with Crippen LogP contribution in [0.3, 0.4) is 0 Å². The molecule has 0 bridgehead atoms. The second-order valence-electron chi connectivity index (χ2n) is 6.20. The van der Waals surface area contributed by atoms with E-state index in [1.165, 1.54) is 18.1 Å². The Labute approximate surface area is 138 Å². The van der Waals surface area contributed by atoms with E-state index in [9.17, 15) is 14.4 Å². The van der Waals surface area contributed by atoms with Crippen LogP contribution >= 0.6 is 0 Å². The highest BCUT2D eigenvalue weighted by Crippen LogP contribution is 2.27. The number of imide groups is 1. The van der Waals surface area contributed by atoms with Crippen LogP contribution in [0, 0.1) is 5.92 Å². The van der Waals surface area contributed by atoms with Gasteiger partial charge in [0.25, 0.3) is 11.8 Å². The normalized spacial score (nSPS) is 18.9. The molecule has 6 nitrogen and oxygen atoms in total. The molecule has 3 amide bonds. The van der Waals surface area contributed by atoms with Gasteiger partial charge in [0.05, 0.1) is 13.2 Å². The van der Waals surface area contributed by atoms with Gasteiger partial charge in [0.1, 0.15) is 11.8 Å². The molecule has 1 aliphatic rings. The fraction of sp³-hybridized carbons (Fsp3) is 0.706. The summed E-state index contributed by atoms with van der Waals surface area (Å²) in [6.07, 6.45) is 3.55. The summed E-state index contributed by atoms with van der Waals surface area (Å²) in [5, 5.41) is 2.73. The molecule has 0 saturated heterocycles. The third-order valence-electron chi connectivity index (χ3n) is 3.84. The van der Waals surface area contributed by atoms with Crippen LogP contribution in [0.4, 0.5) is 0 Å². The predicted octanol–water partition coefficient (Wildman–Crippen LogP) is 2.00. The van der Waals surface area contributed by atoms with Gasteiger partial charge >= 0.3 is 0 Å². The quantitative estimate of drug-likeness (QED) is 0.741. The molecule has 0 aliphatic carbocycles. The zero-order valence-electron chi connectivity index (χ0n) is 14.7. The van der Waals surface area contributed by atoms with Crippen molar-refractivity contribution in [3.05, 3.63) is 11.8 Å². The topological polar surface area (TPSA) is 75.7 Å². The molecule has 1 rings (SSSR count). The summed E-state index contributed by atoms with van der Waals surface area (Å²) in [7, 11) is 1.50. The maximum absolute atomic E-state index is 12.9. The third-order valence-corrected chi connectivity index (χ3v) is 3.84. The molecule has 1 heterocycles. The molecule has 0 spiro atoms. The molecular weight excluding hydrogens is 296 g/mol. The zero-order valence-corrected chi connectivity index (χ0v) is 14.7. The summed E-state index contributed by atoms with van der Waals surface area (Å²) < 4.78 is 5.28. The molecule has 0 unspecified atom stereocenters. The molecule has 130 valence electrons. The van der Waals surface area contributed by atoms with Crippen molar-refractivity contribution < 1.29 is 19.1 Å². The van der Waals surface area contributed by atoms with Crippen molar-refractivity contribution in [3.63, 3.8) is 0 Å². The van der Waals surface area contributed by atoms with Gasteiger partial charge < -0.3 is 10.1 Å². The number of hydrogen-bond acceptors (Lipinski definition) is 4. The number of carbonyl (C=O) groups is 3. The van der Waals surface area contributed by atoms with Crippen LogP contribution in [-0.4, -0.2) is 41.8 Å². The summed E-state index contributed by atoms with van der Waals surface area (Å²) in [5.41, 5.74) is 0.